The maximum atomic E-state index is 13.4. The van der Waals surface area contributed by atoms with Crippen LogP contribution in [0.3, 0.4) is 0 Å². The lowest BCUT2D eigenvalue weighted by Crippen LogP contribution is -2.49. The molecule has 0 radical (unpaired) electrons. The first kappa shape index (κ1) is 37.9. The van der Waals surface area contributed by atoms with Gasteiger partial charge in [0.05, 0.1) is 26.2 Å². The van der Waals surface area contributed by atoms with Crippen LogP contribution >= 0.6 is 0 Å². The zero-order chi connectivity index (χ0) is 38.4. The summed E-state index contributed by atoms with van der Waals surface area (Å²) in [5.41, 5.74) is 3.55. The number of ketones is 1. The minimum atomic E-state index is -2.45. The Labute approximate surface area is 318 Å². The number of methoxy groups -OCH3 is 2. The summed E-state index contributed by atoms with van der Waals surface area (Å²) in [6.07, 6.45) is 1.54. The smallest absolute Gasteiger partial charge is 0.192 e. The number of ether oxygens (including phenoxy) is 4. The van der Waals surface area contributed by atoms with E-state index in [9.17, 15) is 9.90 Å². The Balaban J connectivity index is 1.33. The highest BCUT2D eigenvalue weighted by atomic mass is 28.4. The topological polar surface area (TPSA) is 114 Å². The molecular weight excluding hydrogens is 699 g/mol. The molecule has 5 atom stereocenters. The van der Waals surface area contributed by atoms with Crippen LogP contribution in [0.15, 0.2) is 91.4 Å². The third-order valence-electron chi connectivity index (χ3n) is 11.7. The van der Waals surface area contributed by atoms with E-state index in [4.69, 9.17) is 28.4 Å². The first-order chi connectivity index (χ1) is 25.8. The van der Waals surface area contributed by atoms with Gasteiger partial charge >= 0.3 is 0 Å². The number of aliphatic hydroxyl groups is 1. The molecule has 2 aliphatic rings. The van der Waals surface area contributed by atoms with Crippen LogP contribution in [-0.4, -0.2) is 72.9 Å². The van der Waals surface area contributed by atoms with Crippen LogP contribution in [0.4, 0.5) is 0 Å². The molecule has 10 nitrogen and oxygen atoms in total. The van der Waals surface area contributed by atoms with Crippen LogP contribution in [0, 0.1) is 5.92 Å². The third-order valence-corrected chi connectivity index (χ3v) is 16.2. The molecule has 54 heavy (non-hydrogen) atoms. The number of carbonyl (C=O) groups is 1. The average Bonchev–Trinajstić information content (AvgIpc) is 3.66. The molecule has 5 aromatic rings. The summed E-state index contributed by atoms with van der Waals surface area (Å²) >= 11 is 0. The predicted octanol–water partition coefficient (Wildman–Crippen LogP) is 7.87. The highest BCUT2D eigenvalue weighted by Gasteiger charge is 2.52. The average molecular weight is 750 g/mol. The van der Waals surface area contributed by atoms with Crippen molar-refractivity contribution in [2.45, 2.75) is 88.8 Å². The van der Waals surface area contributed by atoms with Crippen molar-refractivity contribution in [2.75, 3.05) is 20.8 Å². The molecule has 0 spiro atoms. The van der Waals surface area contributed by atoms with Gasteiger partial charge in [-0.1, -0.05) is 82.3 Å². The van der Waals surface area contributed by atoms with Crippen molar-refractivity contribution in [3.05, 3.63) is 119 Å². The number of carbonyl (C=O) groups excluding carboxylic acids is 1. The Bertz CT molecular complexity index is 2050. The molecule has 7 rings (SSSR count). The van der Waals surface area contributed by atoms with Crippen molar-refractivity contribution in [3.8, 4) is 11.5 Å². The molecule has 3 heterocycles. The van der Waals surface area contributed by atoms with Gasteiger partial charge in [-0.15, -0.1) is 0 Å². The molecule has 0 amide bonds. The van der Waals surface area contributed by atoms with Gasteiger partial charge in [-0.05, 0) is 77.5 Å². The minimum absolute atomic E-state index is 0.0148. The van der Waals surface area contributed by atoms with Crippen molar-refractivity contribution in [1.29, 1.82) is 0 Å². The van der Waals surface area contributed by atoms with E-state index in [2.05, 4.69) is 38.8 Å². The van der Waals surface area contributed by atoms with Gasteiger partial charge in [0.2, 0.25) is 0 Å². The Hall–Kier alpha value is -4.39. The Morgan fingerprint density at radius 2 is 1.48 bits per heavy atom. The summed E-state index contributed by atoms with van der Waals surface area (Å²) in [6, 6.07) is 25.8. The maximum absolute atomic E-state index is 13.4. The quantitative estimate of drug-likeness (QED) is 0.106. The number of aliphatic hydroxyl groups excluding tert-OH is 1. The van der Waals surface area contributed by atoms with E-state index >= 15 is 0 Å². The normalized spacial score (nSPS) is 22.0. The van der Waals surface area contributed by atoms with Gasteiger partial charge in [-0.25, -0.2) is 9.97 Å². The summed E-state index contributed by atoms with van der Waals surface area (Å²) in [7, 11) is 0.836. The molecule has 0 bridgehead atoms. The summed E-state index contributed by atoms with van der Waals surface area (Å²) in [4.78, 5) is 22.5. The lowest BCUT2D eigenvalue weighted by atomic mass is 9.80. The van der Waals surface area contributed by atoms with Gasteiger partial charge in [-0.3, -0.25) is 4.79 Å². The molecule has 1 fully saturated rings. The standard InChI is InChI=1S/C43H51N3O7Si/c1-27-14-15-28-24-46(40-35(28)36(37(27)47)44-26-45-40)41-39(53-54(7,8)42(2,3)4)38(48)34(52-41)25-51-43(29-12-10-9-11-13-29,30-16-20-32(49-5)21-17-30)31-18-22-33(50-6)23-19-31/h9-13,16-24,26-27,34,38-39,41,48H,14-15,25H2,1-8H3/t27-,34+,38+,39+,41+/m0/s1. The number of Topliss-reactive ketones (excluding diaryl/α,β-unsaturated/α-hetero) is 1. The van der Waals surface area contributed by atoms with Crippen molar-refractivity contribution >= 4 is 25.1 Å². The van der Waals surface area contributed by atoms with Crippen LogP contribution in [-0.2, 0) is 25.9 Å². The van der Waals surface area contributed by atoms with Gasteiger partial charge in [0.25, 0.3) is 0 Å². The van der Waals surface area contributed by atoms with E-state index in [0.717, 1.165) is 39.1 Å². The molecule has 3 aromatic carbocycles. The van der Waals surface area contributed by atoms with Crippen LogP contribution in [0.1, 0.15) is 73.1 Å². The van der Waals surface area contributed by atoms with Crippen molar-refractivity contribution in [1.82, 2.24) is 14.5 Å². The van der Waals surface area contributed by atoms with Crippen LogP contribution < -0.4 is 9.47 Å². The van der Waals surface area contributed by atoms with Crippen molar-refractivity contribution < 1.29 is 33.3 Å². The van der Waals surface area contributed by atoms with Gasteiger partial charge in [-0.2, -0.15) is 0 Å². The van der Waals surface area contributed by atoms with E-state index < -0.39 is 38.5 Å². The fourth-order valence-corrected chi connectivity index (χ4v) is 8.76. The molecule has 0 saturated carbocycles. The van der Waals surface area contributed by atoms with E-state index in [1.165, 1.54) is 6.33 Å². The molecule has 1 aliphatic heterocycles. The molecule has 1 N–H and O–H groups in total. The van der Waals surface area contributed by atoms with E-state index in [0.29, 0.717) is 24.2 Å². The minimum Gasteiger partial charge on any atom is -0.497 e. The zero-order valence-corrected chi connectivity index (χ0v) is 33.4. The lowest BCUT2D eigenvalue weighted by Gasteiger charge is -2.40. The Morgan fingerprint density at radius 3 is 2.06 bits per heavy atom. The van der Waals surface area contributed by atoms with E-state index in [-0.39, 0.29) is 23.3 Å². The fraction of sp³-hybridized carbons (Fsp3) is 0.419. The number of aromatic nitrogens is 3. The number of aryl methyl sites for hydroxylation is 1. The molecule has 2 aromatic heterocycles. The van der Waals surface area contributed by atoms with E-state index in [1.807, 2.05) is 96.6 Å². The zero-order valence-electron chi connectivity index (χ0n) is 32.4. The maximum Gasteiger partial charge on any atom is 0.192 e. The first-order valence-electron chi connectivity index (χ1n) is 18.7. The first-order valence-corrected chi connectivity index (χ1v) is 21.6. The van der Waals surface area contributed by atoms with Gasteiger partial charge in [0, 0.05) is 12.1 Å². The summed E-state index contributed by atoms with van der Waals surface area (Å²) < 4.78 is 34.2. The number of nitrogens with zero attached hydrogens (tertiary/aromatic N) is 3. The highest BCUT2D eigenvalue weighted by molar-refractivity contribution is 6.74. The second kappa shape index (κ2) is 14.7. The van der Waals surface area contributed by atoms with Gasteiger partial charge < -0.3 is 33.0 Å². The van der Waals surface area contributed by atoms with E-state index in [1.54, 1.807) is 14.2 Å². The predicted molar refractivity (Wildman–Crippen MR) is 210 cm³/mol. The summed E-state index contributed by atoms with van der Waals surface area (Å²) in [6.45, 7) is 12.8. The van der Waals surface area contributed by atoms with Crippen molar-refractivity contribution in [2.24, 2.45) is 5.92 Å². The monoisotopic (exact) mass is 749 g/mol. The van der Waals surface area contributed by atoms with Crippen molar-refractivity contribution in [3.63, 3.8) is 0 Å². The largest absolute Gasteiger partial charge is 0.497 e. The van der Waals surface area contributed by atoms with Crippen LogP contribution in [0.25, 0.3) is 11.0 Å². The van der Waals surface area contributed by atoms with Crippen LogP contribution in [0.2, 0.25) is 18.1 Å². The second-order valence-electron chi connectivity index (χ2n) is 16.0. The van der Waals surface area contributed by atoms with Gasteiger partial charge in [0.15, 0.2) is 20.3 Å². The molecular formula is C43H51N3O7Si. The van der Waals surface area contributed by atoms with Crippen LogP contribution in [0.5, 0.6) is 11.5 Å². The lowest BCUT2D eigenvalue weighted by molar-refractivity contribution is -0.0939. The SMILES string of the molecule is COc1ccc(C(OC[C@H]2O[C@@H](n3cc4c5c(ncnc53)C(=O)[C@@H](C)CC4)[C@H](O[Si](C)(C)C(C)(C)C)[C@@H]2O)(c2ccccc2)c2ccc(OC)cc2)cc1. The Kier molecular flexibility index (Phi) is 10.3. The molecule has 0 unspecified atom stereocenters. The molecule has 11 heteroatoms. The second-order valence-corrected chi connectivity index (χ2v) is 20.8. The fourth-order valence-electron chi connectivity index (χ4n) is 7.47. The Morgan fingerprint density at radius 1 is 0.889 bits per heavy atom. The molecule has 284 valence electrons. The summed E-state index contributed by atoms with van der Waals surface area (Å²) in [5.74, 6) is 1.33. The number of rotatable bonds is 11. The summed E-state index contributed by atoms with van der Waals surface area (Å²) in [5, 5.41) is 12.9. The highest BCUT2D eigenvalue weighted by Crippen LogP contribution is 2.46. The van der Waals surface area contributed by atoms with Gasteiger partial charge in [0.1, 0.15) is 53.1 Å². The molecule has 1 aliphatic carbocycles. The number of benzene rings is 3. The number of hydrogen-bond donors (Lipinski definition) is 1. The molecule has 1 saturated heterocycles. The number of hydrogen-bond acceptors (Lipinski definition) is 9. The third kappa shape index (κ3) is 6.66.